The average molecular weight is 224 g/mol. The molecule has 1 rings (SSSR count). The summed E-state index contributed by atoms with van der Waals surface area (Å²) in [5.74, 6) is -1.62. The molecule has 0 aliphatic rings. The Morgan fingerprint density at radius 1 is 1.27 bits per heavy atom. The lowest BCUT2D eigenvalue weighted by atomic mass is 10.1. The van der Waals surface area contributed by atoms with Crippen LogP contribution in [0.25, 0.3) is 0 Å². The summed E-state index contributed by atoms with van der Waals surface area (Å²) in [6.07, 6.45) is -4.90. The highest BCUT2D eigenvalue weighted by Crippen LogP contribution is 2.30. The fraction of sp³-hybridized carbons (Fsp3) is 0.250. The van der Waals surface area contributed by atoms with Crippen LogP contribution in [0, 0.1) is 5.82 Å². The van der Waals surface area contributed by atoms with Gasteiger partial charge in [-0.25, -0.2) is 4.39 Å². The van der Waals surface area contributed by atoms with Crippen molar-refractivity contribution >= 4 is 5.69 Å². The third kappa shape index (κ3) is 2.98. The van der Waals surface area contributed by atoms with E-state index in [0.717, 1.165) is 6.07 Å². The van der Waals surface area contributed by atoms with E-state index in [1.54, 1.807) is 0 Å². The summed E-state index contributed by atoms with van der Waals surface area (Å²) >= 11 is 0. The number of halogens is 4. The summed E-state index contributed by atoms with van der Waals surface area (Å²) in [6, 6.07) is 1.47. The molecule has 0 bridgehead atoms. The Morgan fingerprint density at radius 3 is 2.33 bits per heavy atom. The van der Waals surface area contributed by atoms with Gasteiger partial charge in [-0.1, -0.05) is 0 Å². The molecule has 0 heterocycles. The maximum Gasteiger partial charge on any atom is 0.573 e. The van der Waals surface area contributed by atoms with Crippen molar-refractivity contribution in [2.45, 2.75) is 12.9 Å². The molecule has 4 N–H and O–H groups in total. The number of hydrogen-bond acceptors (Lipinski definition) is 3. The minimum atomic E-state index is -4.90. The van der Waals surface area contributed by atoms with E-state index in [1.807, 2.05) is 0 Å². The molecule has 0 amide bonds. The topological polar surface area (TPSA) is 61.3 Å². The van der Waals surface area contributed by atoms with E-state index in [2.05, 4.69) is 4.74 Å². The van der Waals surface area contributed by atoms with Crippen LogP contribution in [0.3, 0.4) is 0 Å². The molecule has 0 unspecified atom stereocenters. The van der Waals surface area contributed by atoms with Crippen molar-refractivity contribution < 1.29 is 22.3 Å². The predicted octanol–water partition coefficient (Wildman–Crippen LogP) is 1.77. The monoisotopic (exact) mass is 224 g/mol. The second-order valence-corrected chi connectivity index (χ2v) is 2.72. The first-order valence-electron chi connectivity index (χ1n) is 3.87. The van der Waals surface area contributed by atoms with E-state index in [0.29, 0.717) is 6.07 Å². The van der Waals surface area contributed by atoms with Gasteiger partial charge in [-0.05, 0) is 6.07 Å². The molecule has 3 nitrogen and oxygen atoms in total. The van der Waals surface area contributed by atoms with Gasteiger partial charge in [0.25, 0.3) is 0 Å². The Morgan fingerprint density at radius 2 is 1.87 bits per heavy atom. The van der Waals surface area contributed by atoms with E-state index in [-0.39, 0.29) is 17.8 Å². The number of nitrogen functional groups attached to an aromatic ring is 1. The van der Waals surface area contributed by atoms with E-state index in [1.165, 1.54) is 0 Å². The number of benzene rings is 1. The highest BCUT2D eigenvalue weighted by molar-refractivity contribution is 5.54. The molecular weight excluding hydrogens is 216 g/mol. The van der Waals surface area contributed by atoms with E-state index in [9.17, 15) is 17.6 Å². The van der Waals surface area contributed by atoms with Gasteiger partial charge in [-0.3, -0.25) is 0 Å². The molecule has 0 aliphatic carbocycles. The minimum Gasteiger partial charge on any atom is -0.405 e. The van der Waals surface area contributed by atoms with Gasteiger partial charge in [0.15, 0.2) is 0 Å². The van der Waals surface area contributed by atoms with E-state index in [4.69, 9.17) is 11.5 Å². The van der Waals surface area contributed by atoms with Crippen molar-refractivity contribution in [3.8, 4) is 5.75 Å². The standard InChI is InChI=1S/C8H8F4N2O/c9-4-1-6(14)5(3-13)7(2-4)15-8(10,11)12/h1-2H,3,13-14H2. The summed E-state index contributed by atoms with van der Waals surface area (Å²) in [5.41, 5.74) is 10.2. The molecule has 0 saturated carbocycles. The number of hydrogen-bond donors (Lipinski definition) is 2. The Kier molecular flexibility index (Phi) is 3.04. The zero-order valence-electron chi connectivity index (χ0n) is 7.44. The summed E-state index contributed by atoms with van der Waals surface area (Å²) in [4.78, 5) is 0. The molecule has 0 fully saturated rings. The fourth-order valence-electron chi connectivity index (χ4n) is 1.07. The van der Waals surface area contributed by atoms with Gasteiger partial charge in [-0.15, -0.1) is 13.2 Å². The van der Waals surface area contributed by atoms with Gasteiger partial charge in [0.1, 0.15) is 11.6 Å². The van der Waals surface area contributed by atoms with Crippen molar-refractivity contribution in [2.24, 2.45) is 5.73 Å². The van der Waals surface area contributed by atoms with Crippen LogP contribution >= 0.6 is 0 Å². The van der Waals surface area contributed by atoms with Crippen LogP contribution in [-0.4, -0.2) is 6.36 Å². The molecular formula is C8H8F4N2O. The lowest BCUT2D eigenvalue weighted by molar-refractivity contribution is -0.274. The zero-order chi connectivity index (χ0) is 11.6. The highest BCUT2D eigenvalue weighted by Gasteiger charge is 2.32. The van der Waals surface area contributed by atoms with Crippen LogP contribution in [0.15, 0.2) is 12.1 Å². The number of nitrogens with two attached hydrogens (primary N) is 2. The number of rotatable bonds is 2. The molecule has 0 radical (unpaired) electrons. The summed E-state index contributed by atoms with van der Waals surface area (Å²) in [6.45, 7) is -0.266. The number of anilines is 1. The van der Waals surface area contributed by atoms with Crippen molar-refractivity contribution in [1.82, 2.24) is 0 Å². The lowest BCUT2D eigenvalue weighted by Crippen LogP contribution is -2.19. The SMILES string of the molecule is NCc1c(N)cc(F)cc1OC(F)(F)F. The van der Waals surface area contributed by atoms with Crippen molar-refractivity contribution in [3.05, 3.63) is 23.5 Å². The van der Waals surface area contributed by atoms with Crippen LogP contribution in [0.4, 0.5) is 23.2 Å². The van der Waals surface area contributed by atoms with Crippen LogP contribution in [0.5, 0.6) is 5.75 Å². The van der Waals surface area contributed by atoms with Gasteiger partial charge < -0.3 is 16.2 Å². The van der Waals surface area contributed by atoms with Gasteiger partial charge in [0.05, 0.1) is 0 Å². The average Bonchev–Trinajstić information content (AvgIpc) is 1.99. The summed E-state index contributed by atoms with van der Waals surface area (Å²) in [7, 11) is 0. The smallest absolute Gasteiger partial charge is 0.405 e. The zero-order valence-corrected chi connectivity index (χ0v) is 7.44. The second-order valence-electron chi connectivity index (χ2n) is 2.72. The molecule has 0 saturated heterocycles. The Labute approximate surface area is 82.6 Å². The van der Waals surface area contributed by atoms with Crippen molar-refractivity contribution in [3.63, 3.8) is 0 Å². The Balaban J connectivity index is 3.15. The van der Waals surface area contributed by atoms with Crippen molar-refractivity contribution in [1.29, 1.82) is 0 Å². The Bertz CT molecular complexity index is 364. The van der Waals surface area contributed by atoms with Crippen LogP contribution < -0.4 is 16.2 Å². The van der Waals surface area contributed by atoms with Gasteiger partial charge in [0.2, 0.25) is 0 Å². The van der Waals surface area contributed by atoms with Crippen LogP contribution in [0.1, 0.15) is 5.56 Å². The maximum absolute atomic E-state index is 12.8. The van der Waals surface area contributed by atoms with E-state index < -0.39 is 17.9 Å². The molecule has 1 aromatic carbocycles. The molecule has 84 valence electrons. The molecule has 0 atom stereocenters. The largest absolute Gasteiger partial charge is 0.573 e. The van der Waals surface area contributed by atoms with Crippen molar-refractivity contribution in [2.75, 3.05) is 5.73 Å². The third-order valence-corrected chi connectivity index (χ3v) is 1.64. The first-order valence-corrected chi connectivity index (χ1v) is 3.87. The highest BCUT2D eigenvalue weighted by atomic mass is 19.4. The second kappa shape index (κ2) is 3.93. The number of ether oxygens (including phenoxy) is 1. The van der Waals surface area contributed by atoms with Crippen LogP contribution in [0.2, 0.25) is 0 Å². The van der Waals surface area contributed by atoms with Gasteiger partial charge >= 0.3 is 6.36 Å². The molecule has 7 heteroatoms. The Hall–Kier alpha value is -1.50. The fourth-order valence-corrected chi connectivity index (χ4v) is 1.07. The first kappa shape index (κ1) is 11.6. The molecule has 0 spiro atoms. The molecule has 0 aromatic heterocycles. The van der Waals surface area contributed by atoms with Gasteiger partial charge in [0, 0.05) is 23.9 Å². The minimum absolute atomic E-state index is 0.0753. The normalized spacial score (nSPS) is 11.5. The predicted molar refractivity (Wildman–Crippen MR) is 45.4 cm³/mol. The molecule has 15 heavy (non-hydrogen) atoms. The third-order valence-electron chi connectivity index (χ3n) is 1.64. The van der Waals surface area contributed by atoms with Crippen LogP contribution in [-0.2, 0) is 6.54 Å². The first-order chi connectivity index (χ1) is 6.83. The quantitative estimate of drug-likeness (QED) is 0.594. The maximum atomic E-state index is 12.8. The summed E-state index contributed by atoms with van der Waals surface area (Å²) < 4.78 is 52.0. The molecule has 1 aromatic rings. The lowest BCUT2D eigenvalue weighted by Gasteiger charge is -2.13. The van der Waals surface area contributed by atoms with Gasteiger partial charge in [-0.2, -0.15) is 0 Å². The summed E-state index contributed by atoms with van der Waals surface area (Å²) in [5, 5.41) is 0. The number of alkyl halides is 3. The van der Waals surface area contributed by atoms with E-state index >= 15 is 0 Å². The molecule has 0 aliphatic heterocycles.